The second-order valence-electron chi connectivity index (χ2n) is 3.49. The summed E-state index contributed by atoms with van der Waals surface area (Å²) in [4.78, 5) is 6.51. The van der Waals surface area contributed by atoms with Crippen molar-refractivity contribution in [1.82, 2.24) is 4.90 Å². The molecule has 0 N–H and O–H groups in total. The van der Waals surface area contributed by atoms with Crippen LogP contribution in [0, 0.1) is 0 Å². The van der Waals surface area contributed by atoms with Crippen molar-refractivity contribution in [3.8, 4) is 0 Å². The molecule has 0 aromatic rings. The van der Waals surface area contributed by atoms with E-state index in [0.29, 0.717) is 12.1 Å². The molecule has 1 aliphatic rings. The number of hydrogen-bond donors (Lipinski definition) is 0. The number of rotatable bonds is 2. The molecule has 0 saturated heterocycles. The Morgan fingerprint density at radius 1 is 1.67 bits per heavy atom. The highest BCUT2D eigenvalue weighted by Gasteiger charge is 2.21. The monoisotopic (exact) mass is 170 g/mol. The van der Waals surface area contributed by atoms with Crippen LogP contribution in [0.15, 0.2) is 4.99 Å². The van der Waals surface area contributed by atoms with E-state index in [9.17, 15) is 0 Å². The second-order valence-corrected chi connectivity index (χ2v) is 3.49. The van der Waals surface area contributed by atoms with E-state index in [1.165, 1.54) is 0 Å². The van der Waals surface area contributed by atoms with Gasteiger partial charge >= 0.3 is 0 Å². The van der Waals surface area contributed by atoms with E-state index in [2.05, 4.69) is 30.7 Å². The average Bonchev–Trinajstić information content (AvgIpc) is 2.50. The van der Waals surface area contributed by atoms with E-state index in [-0.39, 0.29) is 0 Å². The van der Waals surface area contributed by atoms with E-state index in [1.807, 2.05) is 7.05 Å². The third-order valence-corrected chi connectivity index (χ3v) is 2.25. The van der Waals surface area contributed by atoms with E-state index in [4.69, 9.17) is 4.74 Å². The summed E-state index contributed by atoms with van der Waals surface area (Å²) in [6, 6.07) is 1.64. The predicted molar refractivity (Wildman–Crippen MR) is 50.4 cm³/mol. The number of hydrogen-bond acceptors (Lipinski definition) is 3. The number of nitrogens with zero attached hydrogens (tertiary/aromatic N) is 2. The highest BCUT2D eigenvalue weighted by molar-refractivity contribution is 5.75. The van der Waals surface area contributed by atoms with Gasteiger partial charge in [-0.1, -0.05) is 6.92 Å². The third-order valence-electron chi connectivity index (χ3n) is 2.25. The third kappa shape index (κ3) is 1.90. The summed E-state index contributed by atoms with van der Waals surface area (Å²) in [5.41, 5.74) is 0. The Kier molecular flexibility index (Phi) is 2.95. The largest absolute Gasteiger partial charge is 0.463 e. The number of ether oxygens (including phenoxy) is 1. The molecule has 0 amide bonds. The van der Waals surface area contributed by atoms with E-state index in [0.717, 1.165) is 19.0 Å². The summed E-state index contributed by atoms with van der Waals surface area (Å²) < 4.78 is 5.46. The van der Waals surface area contributed by atoms with Crippen LogP contribution >= 0.6 is 0 Å². The van der Waals surface area contributed by atoms with Crippen molar-refractivity contribution in [2.45, 2.75) is 39.3 Å². The summed E-state index contributed by atoms with van der Waals surface area (Å²) >= 11 is 0. The molecule has 0 aromatic heterocycles. The van der Waals surface area contributed by atoms with Crippen molar-refractivity contribution >= 4 is 6.02 Å². The first-order valence-electron chi connectivity index (χ1n) is 4.58. The molecule has 0 aromatic carbocycles. The first kappa shape index (κ1) is 9.36. The van der Waals surface area contributed by atoms with Gasteiger partial charge in [0.2, 0.25) is 0 Å². The zero-order valence-electron chi connectivity index (χ0n) is 8.37. The zero-order chi connectivity index (χ0) is 9.14. The standard InChI is InChI=1S/C9H18N2O/c1-5-8-6-12-9(10-8)11(4)7(2)3/h7-8H,5-6H2,1-4H3. The minimum absolute atomic E-state index is 0.376. The fourth-order valence-electron chi connectivity index (χ4n) is 1.02. The van der Waals surface area contributed by atoms with Gasteiger partial charge < -0.3 is 9.64 Å². The maximum Gasteiger partial charge on any atom is 0.287 e. The quantitative estimate of drug-likeness (QED) is 0.627. The molecule has 3 nitrogen and oxygen atoms in total. The van der Waals surface area contributed by atoms with E-state index < -0.39 is 0 Å². The highest BCUT2D eigenvalue weighted by Crippen LogP contribution is 2.11. The van der Waals surface area contributed by atoms with Crippen LogP contribution < -0.4 is 0 Å². The van der Waals surface area contributed by atoms with Crippen LogP contribution in [0.5, 0.6) is 0 Å². The maximum absolute atomic E-state index is 5.46. The van der Waals surface area contributed by atoms with Gasteiger partial charge in [0, 0.05) is 13.1 Å². The van der Waals surface area contributed by atoms with Crippen LogP contribution in [-0.4, -0.2) is 36.7 Å². The molecule has 0 bridgehead atoms. The molecule has 1 atom stereocenters. The fraction of sp³-hybridized carbons (Fsp3) is 0.889. The van der Waals surface area contributed by atoms with Crippen molar-refractivity contribution in [3.05, 3.63) is 0 Å². The molecular weight excluding hydrogens is 152 g/mol. The van der Waals surface area contributed by atoms with Crippen LogP contribution in [0.4, 0.5) is 0 Å². The molecule has 1 unspecified atom stereocenters. The molecule has 0 aliphatic carbocycles. The Bertz CT molecular complexity index is 177. The van der Waals surface area contributed by atoms with Gasteiger partial charge in [0.15, 0.2) is 0 Å². The molecule has 0 radical (unpaired) electrons. The first-order chi connectivity index (χ1) is 5.65. The molecule has 12 heavy (non-hydrogen) atoms. The molecule has 0 saturated carbocycles. The summed E-state index contributed by atoms with van der Waals surface area (Å²) in [7, 11) is 2.02. The Hall–Kier alpha value is -0.730. The molecule has 3 heteroatoms. The van der Waals surface area contributed by atoms with Gasteiger partial charge in [-0.25, -0.2) is 4.99 Å². The highest BCUT2D eigenvalue weighted by atomic mass is 16.5. The van der Waals surface area contributed by atoms with Crippen LogP contribution in [0.25, 0.3) is 0 Å². The van der Waals surface area contributed by atoms with Gasteiger partial charge in [0.05, 0.1) is 6.04 Å². The zero-order valence-corrected chi connectivity index (χ0v) is 8.37. The Morgan fingerprint density at radius 2 is 2.33 bits per heavy atom. The molecule has 1 aliphatic heterocycles. The topological polar surface area (TPSA) is 24.8 Å². The van der Waals surface area contributed by atoms with Crippen LogP contribution in [0.2, 0.25) is 0 Å². The summed E-state index contributed by atoms with van der Waals surface area (Å²) in [6.07, 6.45) is 1.06. The van der Waals surface area contributed by atoms with Gasteiger partial charge in [0.25, 0.3) is 6.02 Å². The summed E-state index contributed by atoms with van der Waals surface area (Å²) in [5.74, 6) is 0. The van der Waals surface area contributed by atoms with Crippen molar-refractivity contribution < 1.29 is 4.74 Å². The van der Waals surface area contributed by atoms with Gasteiger partial charge in [0.1, 0.15) is 6.61 Å². The normalized spacial score (nSPS) is 22.4. The van der Waals surface area contributed by atoms with Gasteiger partial charge in [-0.3, -0.25) is 0 Å². The molecule has 1 rings (SSSR count). The summed E-state index contributed by atoms with van der Waals surface area (Å²) in [6.45, 7) is 7.15. The minimum atomic E-state index is 0.376. The Balaban J connectivity index is 2.53. The van der Waals surface area contributed by atoms with Gasteiger partial charge in [-0.15, -0.1) is 0 Å². The molecule has 1 heterocycles. The van der Waals surface area contributed by atoms with Crippen molar-refractivity contribution in [2.24, 2.45) is 4.99 Å². The minimum Gasteiger partial charge on any atom is -0.463 e. The Labute approximate surface area is 74.4 Å². The second kappa shape index (κ2) is 3.78. The van der Waals surface area contributed by atoms with Crippen LogP contribution in [-0.2, 0) is 4.74 Å². The molecule has 0 fully saturated rings. The SMILES string of the molecule is CCC1COC(N(C)C(C)C)=N1. The average molecular weight is 170 g/mol. The van der Waals surface area contributed by atoms with Crippen LogP contribution in [0.3, 0.4) is 0 Å². The van der Waals surface area contributed by atoms with Gasteiger partial charge in [-0.05, 0) is 20.3 Å². The van der Waals surface area contributed by atoms with Crippen molar-refractivity contribution in [1.29, 1.82) is 0 Å². The fourth-order valence-corrected chi connectivity index (χ4v) is 1.02. The van der Waals surface area contributed by atoms with Crippen molar-refractivity contribution in [3.63, 3.8) is 0 Å². The van der Waals surface area contributed by atoms with E-state index >= 15 is 0 Å². The molecule has 70 valence electrons. The lowest BCUT2D eigenvalue weighted by molar-refractivity contribution is 0.248. The molecule has 0 spiro atoms. The Morgan fingerprint density at radius 3 is 2.75 bits per heavy atom. The van der Waals surface area contributed by atoms with Crippen molar-refractivity contribution in [2.75, 3.05) is 13.7 Å². The first-order valence-corrected chi connectivity index (χ1v) is 4.58. The summed E-state index contributed by atoms with van der Waals surface area (Å²) in [5, 5.41) is 0. The lowest BCUT2D eigenvalue weighted by Gasteiger charge is -2.21. The van der Waals surface area contributed by atoms with Gasteiger partial charge in [-0.2, -0.15) is 0 Å². The number of aliphatic imine (C=N–C) groups is 1. The predicted octanol–water partition coefficient (Wildman–Crippen LogP) is 1.49. The molecular formula is C9H18N2O. The van der Waals surface area contributed by atoms with E-state index in [1.54, 1.807) is 0 Å². The maximum atomic E-state index is 5.46. The lowest BCUT2D eigenvalue weighted by Crippen LogP contribution is -2.33. The lowest BCUT2D eigenvalue weighted by atomic mass is 10.3. The number of amidine groups is 1. The van der Waals surface area contributed by atoms with Crippen LogP contribution in [0.1, 0.15) is 27.2 Å². The smallest absolute Gasteiger partial charge is 0.287 e.